The molecule has 1 aliphatic heterocycles. The number of piperazine rings is 1. The maximum atomic E-state index is 13.2. The van der Waals surface area contributed by atoms with E-state index in [2.05, 4.69) is 0 Å². The summed E-state index contributed by atoms with van der Waals surface area (Å²) in [5, 5.41) is 8.89. The van der Waals surface area contributed by atoms with E-state index >= 15 is 0 Å². The third-order valence-electron chi connectivity index (χ3n) is 4.32. The van der Waals surface area contributed by atoms with Gasteiger partial charge in [-0.15, -0.1) is 0 Å². The van der Waals surface area contributed by atoms with Crippen LogP contribution in [0.15, 0.2) is 42.5 Å². The summed E-state index contributed by atoms with van der Waals surface area (Å²) in [6.07, 6.45) is 0. The Kier molecular flexibility index (Phi) is 4.92. The van der Waals surface area contributed by atoms with Crippen LogP contribution >= 0.6 is 11.6 Å². The molecule has 1 saturated heterocycles. The largest absolute Gasteiger partial charge is 0.325 e. The molecule has 0 saturated carbocycles. The van der Waals surface area contributed by atoms with Crippen LogP contribution in [0.5, 0.6) is 0 Å². The van der Waals surface area contributed by atoms with Gasteiger partial charge in [0.25, 0.3) is 5.91 Å². The Bertz CT molecular complexity index is 908. The van der Waals surface area contributed by atoms with Crippen molar-refractivity contribution in [1.29, 1.82) is 5.26 Å². The molecule has 2 aromatic carbocycles. The fraction of sp³-hybridized carbons (Fsp3) is 0.211. The number of rotatable bonds is 2. The molecule has 0 radical (unpaired) electrons. The van der Waals surface area contributed by atoms with Crippen LogP contribution in [0.4, 0.5) is 10.1 Å². The Morgan fingerprint density at radius 3 is 2.58 bits per heavy atom. The molecule has 2 amide bonds. The second kappa shape index (κ2) is 7.14. The molecule has 0 aromatic heterocycles. The van der Waals surface area contributed by atoms with E-state index in [0.717, 1.165) is 6.07 Å². The molecular weight excluding hydrogens is 357 g/mol. The number of nitriles is 1. The molecular formula is C19H15ClFN3O2. The SMILES string of the molecule is C[C@H]1CN(c2ccc(C#N)cc2)C(=O)CN1C(=O)c1ccc(F)cc1Cl. The van der Waals surface area contributed by atoms with Gasteiger partial charge in [-0.05, 0) is 49.4 Å². The number of hydrogen-bond donors (Lipinski definition) is 0. The third-order valence-corrected chi connectivity index (χ3v) is 4.63. The highest BCUT2D eigenvalue weighted by Crippen LogP contribution is 2.24. The van der Waals surface area contributed by atoms with Gasteiger partial charge in [-0.1, -0.05) is 11.6 Å². The Morgan fingerprint density at radius 1 is 1.27 bits per heavy atom. The van der Waals surface area contributed by atoms with Crippen molar-refractivity contribution in [3.05, 3.63) is 64.4 Å². The Labute approximate surface area is 155 Å². The quantitative estimate of drug-likeness (QED) is 0.814. The highest BCUT2D eigenvalue weighted by molar-refractivity contribution is 6.33. The minimum absolute atomic E-state index is 0.0178. The van der Waals surface area contributed by atoms with Crippen molar-refractivity contribution in [2.24, 2.45) is 0 Å². The lowest BCUT2D eigenvalue weighted by Gasteiger charge is -2.39. The molecule has 0 spiro atoms. The fourth-order valence-electron chi connectivity index (χ4n) is 2.91. The maximum Gasteiger partial charge on any atom is 0.256 e. The highest BCUT2D eigenvalue weighted by atomic mass is 35.5. The van der Waals surface area contributed by atoms with E-state index in [-0.39, 0.29) is 29.1 Å². The summed E-state index contributed by atoms with van der Waals surface area (Å²) in [7, 11) is 0. The molecule has 132 valence electrons. The number of carbonyl (C=O) groups excluding carboxylic acids is 2. The minimum Gasteiger partial charge on any atom is -0.325 e. The van der Waals surface area contributed by atoms with Crippen LogP contribution in [0.25, 0.3) is 0 Å². The van der Waals surface area contributed by atoms with E-state index in [1.165, 1.54) is 17.0 Å². The molecule has 1 heterocycles. The minimum atomic E-state index is -0.527. The number of hydrogen-bond acceptors (Lipinski definition) is 3. The molecule has 7 heteroatoms. The number of amides is 2. The zero-order chi connectivity index (χ0) is 18.8. The van der Waals surface area contributed by atoms with E-state index in [1.54, 1.807) is 29.2 Å². The number of halogens is 2. The second-order valence-electron chi connectivity index (χ2n) is 6.07. The number of nitrogens with zero attached hydrogens (tertiary/aromatic N) is 3. The lowest BCUT2D eigenvalue weighted by molar-refractivity contribution is -0.121. The van der Waals surface area contributed by atoms with Crippen molar-refractivity contribution in [2.75, 3.05) is 18.0 Å². The smallest absolute Gasteiger partial charge is 0.256 e. The first-order valence-corrected chi connectivity index (χ1v) is 8.35. The van der Waals surface area contributed by atoms with Gasteiger partial charge in [0.2, 0.25) is 5.91 Å². The predicted octanol–water partition coefficient (Wildman–Crippen LogP) is 3.23. The number of carbonyl (C=O) groups is 2. The maximum absolute atomic E-state index is 13.2. The summed E-state index contributed by atoms with van der Waals surface area (Å²) in [4.78, 5) is 28.3. The molecule has 0 bridgehead atoms. The van der Waals surface area contributed by atoms with E-state index in [9.17, 15) is 14.0 Å². The Balaban J connectivity index is 1.80. The van der Waals surface area contributed by atoms with Gasteiger partial charge >= 0.3 is 0 Å². The van der Waals surface area contributed by atoms with E-state index < -0.39 is 11.7 Å². The topological polar surface area (TPSA) is 64.4 Å². The summed E-state index contributed by atoms with van der Waals surface area (Å²) in [5.74, 6) is -1.17. The first kappa shape index (κ1) is 17.9. The summed E-state index contributed by atoms with van der Waals surface area (Å²) in [5.41, 5.74) is 1.35. The standard InChI is InChI=1S/C19H15ClFN3O2/c1-12-10-24(15-5-2-13(9-22)3-6-15)18(25)11-23(12)19(26)16-7-4-14(21)8-17(16)20/h2-8,12H,10-11H2,1H3/t12-/m0/s1. The van der Waals surface area contributed by atoms with Gasteiger partial charge in [0, 0.05) is 18.3 Å². The van der Waals surface area contributed by atoms with Crippen LogP contribution in [0.1, 0.15) is 22.8 Å². The molecule has 1 atom stereocenters. The van der Waals surface area contributed by atoms with Gasteiger partial charge in [0.15, 0.2) is 0 Å². The monoisotopic (exact) mass is 371 g/mol. The van der Waals surface area contributed by atoms with E-state index in [4.69, 9.17) is 16.9 Å². The van der Waals surface area contributed by atoms with Gasteiger partial charge < -0.3 is 9.80 Å². The van der Waals surface area contributed by atoms with Crippen LogP contribution in [0, 0.1) is 17.1 Å². The van der Waals surface area contributed by atoms with Crippen molar-refractivity contribution in [2.45, 2.75) is 13.0 Å². The van der Waals surface area contributed by atoms with Gasteiger partial charge in [0.1, 0.15) is 12.4 Å². The zero-order valence-electron chi connectivity index (χ0n) is 13.9. The molecule has 0 unspecified atom stereocenters. The fourth-order valence-corrected chi connectivity index (χ4v) is 3.15. The number of anilines is 1. The third kappa shape index (κ3) is 3.39. The average molecular weight is 372 g/mol. The predicted molar refractivity (Wildman–Crippen MR) is 95.4 cm³/mol. The van der Waals surface area contributed by atoms with Crippen molar-refractivity contribution in [3.8, 4) is 6.07 Å². The van der Waals surface area contributed by atoms with Crippen LogP contribution in [-0.4, -0.2) is 35.8 Å². The molecule has 1 fully saturated rings. The van der Waals surface area contributed by atoms with Gasteiger partial charge in [-0.3, -0.25) is 9.59 Å². The first-order valence-electron chi connectivity index (χ1n) is 7.97. The first-order chi connectivity index (χ1) is 12.4. The lowest BCUT2D eigenvalue weighted by Crippen LogP contribution is -2.57. The average Bonchev–Trinajstić information content (AvgIpc) is 2.63. The van der Waals surface area contributed by atoms with Crippen molar-refractivity contribution in [1.82, 2.24) is 4.90 Å². The van der Waals surface area contributed by atoms with Gasteiger partial charge in [-0.25, -0.2) is 4.39 Å². The molecule has 3 rings (SSSR count). The van der Waals surface area contributed by atoms with Gasteiger partial charge in [-0.2, -0.15) is 5.26 Å². The van der Waals surface area contributed by atoms with Crippen molar-refractivity contribution < 1.29 is 14.0 Å². The normalized spacial score (nSPS) is 17.2. The van der Waals surface area contributed by atoms with Gasteiger partial charge in [0.05, 0.1) is 22.2 Å². The van der Waals surface area contributed by atoms with Crippen molar-refractivity contribution in [3.63, 3.8) is 0 Å². The molecule has 26 heavy (non-hydrogen) atoms. The van der Waals surface area contributed by atoms with Crippen LogP contribution < -0.4 is 4.90 Å². The van der Waals surface area contributed by atoms with E-state index in [1.807, 2.05) is 13.0 Å². The Hall–Kier alpha value is -2.91. The highest BCUT2D eigenvalue weighted by Gasteiger charge is 2.34. The van der Waals surface area contributed by atoms with Crippen LogP contribution in [0.3, 0.4) is 0 Å². The molecule has 5 nitrogen and oxygen atoms in total. The molecule has 0 aliphatic carbocycles. The van der Waals surface area contributed by atoms with Crippen LogP contribution in [0.2, 0.25) is 5.02 Å². The van der Waals surface area contributed by atoms with E-state index in [0.29, 0.717) is 17.8 Å². The van der Waals surface area contributed by atoms with Crippen LogP contribution in [-0.2, 0) is 4.79 Å². The Morgan fingerprint density at radius 2 is 1.96 bits per heavy atom. The molecule has 1 aliphatic rings. The lowest BCUT2D eigenvalue weighted by atomic mass is 10.1. The zero-order valence-corrected chi connectivity index (χ0v) is 14.7. The summed E-state index contributed by atoms with van der Waals surface area (Å²) in [6, 6.07) is 12.0. The molecule has 2 aromatic rings. The number of benzene rings is 2. The summed E-state index contributed by atoms with van der Waals surface area (Å²) in [6.45, 7) is 2.04. The summed E-state index contributed by atoms with van der Waals surface area (Å²) >= 11 is 5.97. The molecule has 0 N–H and O–H groups in total. The summed E-state index contributed by atoms with van der Waals surface area (Å²) < 4.78 is 13.2. The second-order valence-corrected chi connectivity index (χ2v) is 6.48. The van der Waals surface area contributed by atoms with Crippen molar-refractivity contribution >= 4 is 29.1 Å².